The maximum Gasteiger partial charge on any atom is 0.416 e. The Morgan fingerprint density at radius 2 is 1.95 bits per heavy atom. The molecule has 2 rings (SSSR count). The number of nitrogens with zero attached hydrogens (tertiary/aromatic N) is 1. The molecule has 2 nitrogen and oxygen atoms in total. The van der Waals surface area contributed by atoms with Gasteiger partial charge in [0.05, 0.1) is 11.3 Å². The van der Waals surface area contributed by atoms with Crippen LogP contribution < -0.4 is 0 Å². The van der Waals surface area contributed by atoms with Crippen LogP contribution in [-0.2, 0) is 11.6 Å². The Labute approximate surface area is 109 Å². The topological polar surface area (TPSA) is 32.6 Å². The molecule has 0 aliphatic heterocycles. The van der Waals surface area contributed by atoms with Gasteiger partial charge in [-0.3, -0.25) is 0 Å². The van der Waals surface area contributed by atoms with Crippen LogP contribution in [0.2, 0.25) is 0 Å². The number of hydrogen-bond donors (Lipinski definition) is 1. The van der Waals surface area contributed by atoms with Gasteiger partial charge in [-0.05, 0) is 37.8 Å². The molecule has 0 heterocycles. The monoisotopic (exact) mass is 271 g/mol. The Bertz CT molecular complexity index is 490. The van der Waals surface area contributed by atoms with E-state index >= 15 is 0 Å². The molecule has 0 radical (unpaired) electrons. The highest BCUT2D eigenvalue weighted by Gasteiger charge is 2.45. The van der Waals surface area contributed by atoms with Crippen LogP contribution in [0.5, 0.6) is 0 Å². The van der Waals surface area contributed by atoms with Crippen LogP contribution in [0, 0.1) is 0 Å². The molecule has 0 unspecified atom stereocenters. The second-order valence-corrected chi connectivity index (χ2v) is 5.19. The summed E-state index contributed by atoms with van der Waals surface area (Å²) in [6.45, 7) is 1.64. The molecule has 0 atom stereocenters. The number of halogens is 3. The van der Waals surface area contributed by atoms with E-state index in [0.29, 0.717) is 30.5 Å². The van der Waals surface area contributed by atoms with E-state index in [2.05, 4.69) is 5.16 Å². The molecular weight excluding hydrogens is 255 g/mol. The molecule has 1 fully saturated rings. The third kappa shape index (κ3) is 2.60. The molecule has 0 bridgehead atoms. The van der Waals surface area contributed by atoms with Gasteiger partial charge in [0.15, 0.2) is 0 Å². The lowest BCUT2D eigenvalue weighted by Crippen LogP contribution is -2.38. The van der Waals surface area contributed by atoms with Crippen LogP contribution >= 0.6 is 0 Å². The zero-order chi connectivity index (χ0) is 14.1. The van der Waals surface area contributed by atoms with E-state index in [1.807, 2.05) is 0 Å². The highest BCUT2D eigenvalue weighted by Crippen LogP contribution is 2.50. The predicted molar refractivity (Wildman–Crippen MR) is 66.5 cm³/mol. The van der Waals surface area contributed by atoms with Gasteiger partial charge in [0.2, 0.25) is 0 Å². The summed E-state index contributed by atoms with van der Waals surface area (Å²) in [5, 5.41) is 11.9. The molecule has 1 N–H and O–H groups in total. The Kier molecular flexibility index (Phi) is 3.56. The molecule has 19 heavy (non-hydrogen) atoms. The van der Waals surface area contributed by atoms with Crippen LogP contribution in [0.25, 0.3) is 0 Å². The van der Waals surface area contributed by atoms with Gasteiger partial charge in [-0.15, -0.1) is 0 Å². The molecular formula is C14H16F3NO. The molecule has 5 heteroatoms. The molecule has 0 aromatic heterocycles. The van der Waals surface area contributed by atoms with Crippen molar-refractivity contribution in [3.05, 3.63) is 35.4 Å². The fourth-order valence-electron chi connectivity index (χ4n) is 2.86. The van der Waals surface area contributed by atoms with Crippen molar-refractivity contribution in [2.75, 3.05) is 0 Å². The van der Waals surface area contributed by atoms with Crippen LogP contribution in [0.3, 0.4) is 0 Å². The molecule has 1 saturated carbocycles. The lowest BCUT2D eigenvalue weighted by atomic mass is 9.61. The minimum absolute atomic E-state index is 0.330. The van der Waals surface area contributed by atoms with Gasteiger partial charge in [0.25, 0.3) is 0 Å². The summed E-state index contributed by atoms with van der Waals surface area (Å²) in [5.41, 5.74) is -0.295. The van der Waals surface area contributed by atoms with Gasteiger partial charge >= 0.3 is 6.18 Å². The van der Waals surface area contributed by atoms with Crippen molar-refractivity contribution in [1.29, 1.82) is 0 Å². The van der Waals surface area contributed by atoms with E-state index in [0.717, 1.165) is 12.5 Å². The maximum absolute atomic E-state index is 13.1. The highest BCUT2D eigenvalue weighted by atomic mass is 19.4. The van der Waals surface area contributed by atoms with E-state index in [1.54, 1.807) is 19.1 Å². The molecule has 0 spiro atoms. The van der Waals surface area contributed by atoms with E-state index in [4.69, 9.17) is 5.21 Å². The minimum atomic E-state index is -4.34. The Hall–Kier alpha value is -1.52. The number of oxime groups is 1. The van der Waals surface area contributed by atoms with E-state index in [1.165, 1.54) is 6.07 Å². The first kappa shape index (κ1) is 13.9. The van der Waals surface area contributed by atoms with Crippen molar-refractivity contribution in [2.45, 2.75) is 44.2 Å². The summed E-state index contributed by atoms with van der Waals surface area (Å²) in [4.78, 5) is 0. The second kappa shape index (κ2) is 4.87. The van der Waals surface area contributed by atoms with Gasteiger partial charge in [0, 0.05) is 5.41 Å². The summed E-state index contributed by atoms with van der Waals surface area (Å²) in [6.07, 6.45) is -1.66. The normalized spacial score (nSPS) is 19.1. The average Bonchev–Trinajstić information content (AvgIpc) is 2.32. The molecule has 1 aliphatic carbocycles. The van der Waals surface area contributed by atoms with Gasteiger partial charge < -0.3 is 5.21 Å². The predicted octanol–water partition coefficient (Wildman–Crippen LogP) is 4.37. The zero-order valence-corrected chi connectivity index (χ0v) is 10.7. The van der Waals surface area contributed by atoms with Crippen LogP contribution in [0.15, 0.2) is 29.4 Å². The molecule has 104 valence electrons. The summed E-state index contributed by atoms with van der Waals surface area (Å²) < 4.78 is 39.2. The van der Waals surface area contributed by atoms with Gasteiger partial charge in [-0.2, -0.15) is 13.2 Å². The fraction of sp³-hybridized carbons (Fsp3) is 0.500. The van der Waals surface area contributed by atoms with E-state index < -0.39 is 17.2 Å². The maximum atomic E-state index is 13.1. The standard InChI is InChI=1S/C14H16F3NO/c1-10(18-19)9-13(7-4-8-13)11-5-2-3-6-12(11)14(15,16)17/h2-3,5-6,19H,4,7-9H2,1H3. The van der Waals surface area contributed by atoms with E-state index in [9.17, 15) is 13.2 Å². The molecule has 1 aromatic rings. The fourth-order valence-corrected chi connectivity index (χ4v) is 2.86. The van der Waals surface area contributed by atoms with Crippen LogP contribution in [-0.4, -0.2) is 10.9 Å². The second-order valence-electron chi connectivity index (χ2n) is 5.19. The Morgan fingerprint density at radius 1 is 1.32 bits per heavy atom. The molecule has 0 amide bonds. The molecule has 1 aromatic carbocycles. The SMILES string of the molecule is CC(CC1(c2ccccc2C(F)(F)F)CCC1)=NO. The number of benzene rings is 1. The minimum Gasteiger partial charge on any atom is -0.411 e. The largest absolute Gasteiger partial charge is 0.416 e. The quantitative estimate of drug-likeness (QED) is 0.494. The van der Waals surface area contributed by atoms with Crippen molar-refractivity contribution >= 4 is 5.71 Å². The number of rotatable bonds is 3. The lowest BCUT2D eigenvalue weighted by molar-refractivity contribution is -0.139. The first-order valence-electron chi connectivity index (χ1n) is 6.23. The van der Waals surface area contributed by atoms with Crippen molar-refractivity contribution in [2.24, 2.45) is 5.16 Å². The van der Waals surface area contributed by atoms with Crippen molar-refractivity contribution in [3.8, 4) is 0 Å². The summed E-state index contributed by atoms with van der Waals surface area (Å²) in [7, 11) is 0. The highest BCUT2D eigenvalue weighted by molar-refractivity contribution is 5.83. The first-order chi connectivity index (χ1) is 8.89. The molecule has 0 saturated heterocycles. The first-order valence-corrected chi connectivity index (χ1v) is 6.23. The van der Waals surface area contributed by atoms with Crippen LogP contribution in [0.4, 0.5) is 13.2 Å². The van der Waals surface area contributed by atoms with Crippen molar-refractivity contribution in [1.82, 2.24) is 0 Å². The average molecular weight is 271 g/mol. The van der Waals surface area contributed by atoms with Crippen molar-refractivity contribution in [3.63, 3.8) is 0 Å². The Morgan fingerprint density at radius 3 is 2.42 bits per heavy atom. The summed E-state index contributed by atoms with van der Waals surface area (Å²) in [5.74, 6) is 0. The summed E-state index contributed by atoms with van der Waals surface area (Å²) >= 11 is 0. The zero-order valence-electron chi connectivity index (χ0n) is 10.7. The van der Waals surface area contributed by atoms with Gasteiger partial charge in [-0.1, -0.05) is 29.8 Å². The van der Waals surface area contributed by atoms with Crippen LogP contribution in [0.1, 0.15) is 43.7 Å². The smallest absolute Gasteiger partial charge is 0.411 e. The van der Waals surface area contributed by atoms with Gasteiger partial charge in [-0.25, -0.2) is 0 Å². The third-order valence-electron chi connectivity index (χ3n) is 3.88. The van der Waals surface area contributed by atoms with E-state index in [-0.39, 0.29) is 0 Å². The van der Waals surface area contributed by atoms with Gasteiger partial charge in [0.1, 0.15) is 0 Å². The summed E-state index contributed by atoms with van der Waals surface area (Å²) in [6, 6.07) is 5.72. The number of hydrogen-bond acceptors (Lipinski definition) is 2. The Balaban J connectivity index is 2.45. The van der Waals surface area contributed by atoms with Crippen molar-refractivity contribution < 1.29 is 18.4 Å². The molecule has 1 aliphatic rings. The third-order valence-corrected chi connectivity index (χ3v) is 3.88. The number of alkyl halides is 3. The lowest BCUT2D eigenvalue weighted by Gasteiger charge is -2.43.